The number of rotatable bonds is 0. The van der Waals surface area contributed by atoms with Crippen LogP contribution in [-0.2, 0) is 5.41 Å². The van der Waals surface area contributed by atoms with Gasteiger partial charge in [-0.05, 0) is 23.1 Å². The highest BCUT2D eigenvalue weighted by molar-refractivity contribution is 6.02. The van der Waals surface area contributed by atoms with E-state index in [1.165, 1.54) is 5.56 Å². The Balaban J connectivity index is 2.50. The Morgan fingerprint density at radius 3 is 2.64 bits per heavy atom. The fraction of sp³-hybridized carbons (Fsp3) is 0.417. The van der Waals surface area contributed by atoms with E-state index in [2.05, 4.69) is 20.8 Å². The molecule has 0 saturated carbocycles. The number of Topliss-reactive ketones (excluding diaryl/α,β-unsaturated/α-hetero) is 1. The third-order valence-corrected chi connectivity index (χ3v) is 2.50. The third kappa shape index (κ3) is 1.41. The summed E-state index contributed by atoms with van der Waals surface area (Å²) in [7, 11) is 0. The van der Waals surface area contributed by atoms with Crippen LogP contribution in [0.4, 0.5) is 0 Å². The van der Waals surface area contributed by atoms with Crippen molar-refractivity contribution in [3.63, 3.8) is 0 Å². The molecule has 1 aliphatic rings. The molecule has 2 heteroatoms. The number of carbonyl (C=O) groups excluding carboxylic acids is 1. The lowest BCUT2D eigenvalue weighted by molar-refractivity contribution is 0.0961. The monoisotopic (exact) mass is 190 g/mol. The average Bonchev–Trinajstić information content (AvgIpc) is 2.46. The van der Waals surface area contributed by atoms with E-state index in [-0.39, 0.29) is 17.8 Å². The number of benzene rings is 1. The van der Waals surface area contributed by atoms with E-state index in [4.69, 9.17) is 4.74 Å². The fourth-order valence-electron chi connectivity index (χ4n) is 1.56. The Bertz CT molecular complexity index is 386. The standard InChI is InChI=1S/C12H14O2/c1-12(2,3)8-4-5-11-9(6-8)10(13)7-14-11/h4-6H,7H2,1-3H3. The van der Waals surface area contributed by atoms with Crippen molar-refractivity contribution in [1.82, 2.24) is 0 Å². The minimum absolute atomic E-state index is 0.0812. The number of carbonyl (C=O) groups is 1. The summed E-state index contributed by atoms with van der Waals surface area (Å²) < 4.78 is 5.23. The van der Waals surface area contributed by atoms with E-state index in [0.717, 1.165) is 11.3 Å². The van der Waals surface area contributed by atoms with Gasteiger partial charge in [0.05, 0.1) is 5.56 Å². The fourth-order valence-corrected chi connectivity index (χ4v) is 1.56. The molecule has 1 aromatic rings. The molecule has 0 fully saturated rings. The first-order chi connectivity index (χ1) is 6.48. The summed E-state index contributed by atoms with van der Waals surface area (Å²) in [5, 5.41) is 0. The zero-order chi connectivity index (χ0) is 10.3. The molecule has 0 spiro atoms. The Hall–Kier alpha value is -1.31. The quantitative estimate of drug-likeness (QED) is 0.628. The van der Waals surface area contributed by atoms with Crippen molar-refractivity contribution in [2.45, 2.75) is 26.2 Å². The molecule has 0 amide bonds. The second-order valence-corrected chi connectivity index (χ2v) is 4.67. The van der Waals surface area contributed by atoms with Crippen molar-refractivity contribution in [3.8, 4) is 5.75 Å². The minimum atomic E-state index is 0.0812. The number of hydrogen-bond acceptors (Lipinski definition) is 2. The van der Waals surface area contributed by atoms with Gasteiger partial charge in [-0.1, -0.05) is 26.8 Å². The van der Waals surface area contributed by atoms with E-state index in [1.807, 2.05) is 18.2 Å². The van der Waals surface area contributed by atoms with E-state index < -0.39 is 0 Å². The van der Waals surface area contributed by atoms with Crippen molar-refractivity contribution < 1.29 is 9.53 Å². The molecule has 1 heterocycles. The molecule has 0 atom stereocenters. The van der Waals surface area contributed by atoms with Crippen molar-refractivity contribution >= 4 is 5.78 Å². The first-order valence-electron chi connectivity index (χ1n) is 4.79. The maximum atomic E-state index is 11.4. The molecule has 2 nitrogen and oxygen atoms in total. The zero-order valence-corrected chi connectivity index (χ0v) is 8.76. The van der Waals surface area contributed by atoms with Gasteiger partial charge in [-0.25, -0.2) is 0 Å². The number of fused-ring (bicyclic) bond motifs is 1. The number of ether oxygens (including phenoxy) is 1. The van der Waals surface area contributed by atoms with Gasteiger partial charge in [0.15, 0.2) is 6.61 Å². The predicted molar refractivity (Wildman–Crippen MR) is 55.0 cm³/mol. The van der Waals surface area contributed by atoms with Crippen LogP contribution in [0.2, 0.25) is 0 Å². The van der Waals surface area contributed by atoms with Gasteiger partial charge in [0.25, 0.3) is 0 Å². The van der Waals surface area contributed by atoms with Gasteiger partial charge in [0.1, 0.15) is 5.75 Å². The summed E-state index contributed by atoms with van der Waals surface area (Å²) in [5.74, 6) is 0.814. The predicted octanol–water partition coefficient (Wildman–Crippen LogP) is 2.56. The molecule has 14 heavy (non-hydrogen) atoms. The maximum Gasteiger partial charge on any atom is 0.203 e. The Labute approximate surface area is 83.9 Å². The summed E-state index contributed by atoms with van der Waals surface area (Å²) >= 11 is 0. The second-order valence-electron chi connectivity index (χ2n) is 4.67. The molecule has 1 aromatic carbocycles. The van der Waals surface area contributed by atoms with Crippen LogP contribution in [0.25, 0.3) is 0 Å². The van der Waals surface area contributed by atoms with Crippen LogP contribution in [0.15, 0.2) is 18.2 Å². The molecular weight excluding hydrogens is 176 g/mol. The Morgan fingerprint density at radius 2 is 2.00 bits per heavy atom. The zero-order valence-electron chi connectivity index (χ0n) is 8.76. The van der Waals surface area contributed by atoms with Gasteiger partial charge in [0, 0.05) is 0 Å². The summed E-state index contributed by atoms with van der Waals surface area (Å²) in [6.07, 6.45) is 0. The topological polar surface area (TPSA) is 26.3 Å². The van der Waals surface area contributed by atoms with E-state index >= 15 is 0 Å². The van der Waals surface area contributed by atoms with Gasteiger partial charge >= 0.3 is 0 Å². The molecule has 0 bridgehead atoms. The van der Waals surface area contributed by atoms with Crippen LogP contribution >= 0.6 is 0 Å². The van der Waals surface area contributed by atoms with Crippen molar-refractivity contribution in [2.75, 3.05) is 6.61 Å². The molecule has 1 aliphatic heterocycles. The number of hydrogen-bond donors (Lipinski definition) is 0. The molecule has 0 radical (unpaired) electrons. The molecule has 2 rings (SSSR count). The maximum absolute atomic E-state index is 11.4. The summed E-state index contributed by atoms with van der Waals surface area (Å²) in [4.78, 5) is 11.4. The SMILES string of the molecule is CC(C)(C)c1ccc2c(c1)C(=O)CO2. The first-order valence-corrected chi connectivity index (χ1v) is 4.79. The normalized spacial score (nSPS) is 15.2. The van der Waals surface area contributed by atoms with Gasteiger partial charge in [-0.15, -0.1) is 0 Å². The van der Waals surface area contributed by atoms with E-state index in [9.17, 15) is 4.79 Å². The Kier molecular flexibility index (Phi) is 1.88. The van der Waals surface area contributed by atoms with Gasteiger partial charge < -0.3 is 4.74 Å². The average molecular weight is 190 g/mol. The van der Waals surface area contributed by atoms with Gasteiger partial charge in [-0.3, -0.25) is 4.79 Å². The molecule has 0 aliphatic carbocycles. The van der Waals surface area contributed by atoms with E-state index in [0.29, 0.717) is 0 Å². The lowest BCUT2D eigenvalue weighted by Crippen LogP contribution is -2.11. The minimum Gasteiger partial charge on any atom is -0.485 e. The summed E-state index contributed by atoms with van der Waals surface area (Å²) in [6, 6.07) is 5.86. The second kappa shape index (κ2) is 2.84. The summed E-state index contributed by atoms with van der Waals surface area (Å²) in [5.41, 5.74) is 1.99. The van der Waals surface area contributed by atoms with E-state index in [1.54, 1.807) is 0 Å². The van der Waals surface area contributed by atoms with Crippen LogP contribution in [0, 0.1) is 0 Å². The lowest BCUT2D eigenvalue weighted by Gasteiger charge is -2.19. The van der Waals surface area contributed by atoms with Crippen molar-refractivity contribution in [3.05, 3.63) is 29.3 Å². The van der Waals surface area contributed by atoms with Crippen LogP contribution < -0.4 is 4.74 Å². The lowest BCUT2D eigenvalue weighted by atomic mass is 9.86. The van der Waals surface area contributed by atoms with Crippen molar-refractivity contribution in [1.29, 1.82) is 0 Å². The molecular formula is C12H14O2. The molecule has 0 saturated heterocycles. The van der Waals surface area contributed by atoms with Crippen LogP contribution in [0.3, 0.4) is 0 Å². The molecule has 0 N–H and O–H groups in total. The van der Waals surface area contributed by atoms with Gasteiger partial charge in [0.2, 0.25) is 5.78 Å². The highest BCUT2D eigenvalue weighted by Gasteiger charge is 2.23. The Morgan fingerprint density at radius 1 is 1.29 bits per heavy atom. The van der Waals surface area contributed by atoms with Gasteiger partial charge in [-0.2, -0.15) is 0 Å². The molecule has 0 unspecified atom stereocenters. The smallest absolute Gasteiger partial charge is 0.203 e. The van der Waals surface area contributed by atoms with Crippen molar-refractivity contribution in [2.24, 2.45) is 0 Å². The largest absolute Gasteiger partial charge is 0.485 e. The third-order valence-electron chi connectivity index (χ3n) is 2.50. The first kappa shape index (κ1) is 9.25. The van der Waals surface area contributed by atoms with Crippen LogP contribution in [0.1, 0.15) is 36.7 Å². The molecule has 0 aromatic heterocycles. The van der Waals surface area contributed by atoms with Crippen LogP contribution in [-0.4, -0.2) is 12.4 Å². The highest BCUT2D eigenvalue weighted by Crippen LogP contribution is 2.30. The number of ketones is 1. The molecule has 74 valence electrons. The highest BCUT2D eigenvalue weighted by atomic mass is 16.5. The summed E-state index contributed by atoms with van der Waals surface area (Å²) in [6.45, 7) is 6.60. The van der Waals surface area contributed by atoms with Crippen LogP contribution in [0.5, 0.6) is 5.75 Å².